The summed E-state index contributed by atoms with van der Waals surface area (Å²) in [7, 11) is 0. The van der Waals surface area contributed by atoms with Crippen LogP contribution < -0.4 is 16.6 Å². The molecule has 0 aliphatic heterocycles. The molecule has 0 spiro atoms. The summed E-state index contributed by atoms with van der Waals surface area (Å²) >= 11 is 0. The minimum Gasteiger partial charge on any atom is -0.352 e. The minimum absolute atomic E-state index is 0.101. The van der Waals surface area contributed by atoms with E-state index >= 15 is 0 Å². The van der Waals surface area contributed by atoms with Gasteiger partial charge in [-0.15, -0.1) is 0 Å². The zero-order valence-corrected chi connectivity index (χ0v) is 10.5. The number of pyridine rings is 1. The Morgan fingerprint density at radius 2 is 2.18 bits per heavy atom. The van der Waals surface area contributed by atoms with Crippen molar-refractivity contribution in [2.24, 2.45) is 17.7 Å². The average molecular weight is 236 g/mol. The Morgan fingerprint density at radius 1 is 1.47 bits per heavy atom. The van der Waals surface area contributed by atoms with Gasteiger partial charge >= 0.3 is 0 Å². The van der Waals surface area contributed by atoms with Crippen LogP contribution in [0, 0.1) is 11.8 Å². The van der Waals surface area contributed by atoms with Gasteiger partial charge in [-0.3, -0.25) is 4.79 Å². The first kappa shape index (κ1) is 13.4. The lowest BCUT2D eigenvalue weighted by Gasteiger charge is -2.16. The number of aromatic nitrogens is 1. The molecule has 0 radical (unpaired) electrons. The quantitative estimate of drug-likeness (QED) is 0.533. The first-order valence-electron chi connectivity index (χ1n) is 5.75. The van der Waals surface area contributed by atoms with Gasteiger partial charge in [0.25, 0.3) is 5.91 Å². The van der Waals surface area contributed by atoms with Gasteiger partial charge in [0.15, 0.2) is 0 Å². The Kier molecular flexibility index (Phi) is 4.90. The molecule has 1 aromatic heterocycles. The Bertz CT molecular complexity index is 379. The second kappa shape index (κ2) is 6.20. The standard InChI is InChI=1S/C12H20N4O/c1-8(2)9(3)7-15-12(17)10-4-5-14-11(6-10)16-13/h4-6,8-9H,7,13H2,1-3H3,(H,14,16)(H,15,17). The van der Waals surface area contributed by atoms with Crippen LogP contribution in [0.1, 0.15) is 31.1 Å². The molecule has 94 valence electrons. The van der Waals surface area contributed by atoms with E-state index in [1.807, 2.05) is 0 Å². The van der Waals surface area contributed by atoms with Crippen LogP contribution in [0.4, 0.5) is 5.82 Å². The average Bonchev–Trinajstić information content (AvgIpc) is 2.35. The van der Waals surface area contributed by atoms with Crippen molar-refractivity contribution in [2.75, 3.05) is 12.0 Å². The number of nitrogens with two attached hydrogens (primary N) is 1. The molecule has 0 saturated heterocycles. The summed E-state index contributed by atoms with van der Waals surface area (Å²) in [5.41, 5.74) is 2.97. The lowest BCUT2D eigenvalue weighted by Crippen LogP contribution is -2.30. The van der Waals surface area contributed by atoms with E-state index in [4.69, 9.17) is 5.84 Å². The molecule has 5 heteroatoms. The molecule has 1 aromatic rings. The van der Waals surface area contributed by atoms with Crippen LogP contribution in [0.25, 0.3) is 0 Å². The van der Waals surface area contributed by atoms with Gasteiger partial charge in [0.05, 0.1) is 0 Å². The molecular weight excluding hydrogens is 216 g/mol. The molecule has 1 heterocycles. The molecule has 0 saturated carbocycles. The topological polar surface area (TPSA) is 80.0 Å². The fourth-order valence-corrected chi connectivity index (χ4v) is 1.24. The van der Waals surface area contributed by atoms with Gasteiger partial charge in [-0.05, 0) is 24.0 Å². The van der Waals surface area contributed by atoms with E-state index < -0.39 is 0 Å². The van der Waals surface area contributed by atoms with Crippen LogP contribution in [0.15, 0.2) is 18.3 Å². The molecule has 0 bridgehead atoms. The Morgan fingerprint density at radius 3 is 2.76 bits per heavy atom. The Hall–Kier alpha value is -1.62. The van der Waals surface area contributed by atoms with Crippen LogP contribution in [0.3, 0.4) is 0 Å². The number of hydrazine groups is 1. The zero-order valence-electron chi connectivity index (χ0n) is 10.5. The highest BCUT2D eigenvalue weighted by Gasteiger charge is 2.10. The van der Waals surface area contributed by atoms with Crippen molar-refractivity contribution < 1.29 is 4.79 Å². The second-order valence-electron chi connectivity index (χ2n) is 4.51. The number of amides is 1. The summed E-state index contributed by atoms with van der Waals surface area (Å²) < 4.78 is 0. The van der Waals surface area contributed by atoms with E-state index in [-0.39, 0.29) is 5.91 Å². The van der Waals surface area contributed by atoms with E-state index in [1.165, 1.54) is 0 Å². The highest BCUT2D eigenvalue weighted by Crippen LogP contribution is 2.09. The molecular formula is C12H20N4O. The lowest BCUT2D eigenvalue weighted by molar-refractivity contribution is 0.0945. The van der Waals surface area contributed by atoms with Crippen molar-refractivity contribution in [3.63, 3.8) is 0 Å². The molecule has 5 nitrogen and oxygen atoms in total. The van der Waals surface area contributed by atoms with Gasteiger partial charge < -0.3 is 10.7 Å². The summed E-state index contributed by atoms with van der Waals surface area (Å²) in [6.07, 6.45) is 1.55. The number of carbonyl (C=O) groups is 1. The SMILES string of the molecule is CC(C)C(C)CNC(=O)c1ccnc(NN)c1. The van der Waals surface area contributed by atoms with Crippen LogP contribution in [-0.4, -0.2) is 17.4 Å². The van der Waals surface area contributed by atoms with Crippen molar-refractivity contribution in [3.05, 3.63) is 23.9 Å². The fraction of sp³-hybridized carbons (Fsp3) is 0.500. The number of nitrogens with one attached hydrogen (secondary N) is 2. The van der Waals surface area contributed by atoms with Gasteiger partial charge in [0.2, 0.25) is 0 Å². The van der Waals surface area contributed by atoms with E-state index in [2.05, 4.69) is 36.5 Å². The highest BCUT2D eigenvalue weighted by atomic mass is 16.1. The van der Waals surface area contributed by atoms with Gasteiger partial charge in [-0.25, -0.2) is 10.8 Å². The zero-order chi connectivity index (χ0) is 12.8. The number of nitrogen functional groups attached to an aromatic ring is 1. The molecule has 0 aromatic carbocycles. The fourth-order valence-electron chi connectivity index (χ4n) is 1.24. The van der Waals surface area contributed by atoms with Crippen LogP contribution in [0.2, 0.25) is 0 Å². The summed E-state index contributed by atoms with van der Waals surface area (Å²) in [5, 5.41) is 2.90. The molecule has 0 aliphatic rings. The monoisotopic (exact) mass is 236 g/mol. The van der Waals surface area contributed by atoms with E-state index in [9.17, 15) is 4.79 Å². The molecule has 0 fully saturated rings. The molecule has 1 rings (SSSR count). The first-order valence-corrected chi connectivity index (χ1v) is 5.75. The summed E-state index contributed by atoms with van der Waals surface area (Å²) in [6, 6.07) is 3.28. The number of hydrogen-bond acceptors (Lipinski definition) is 4. The number of rotatable bonds is 5. The highest BCUT2D eigenvalue weighted by molar-refractivity contribution is 5.94. The smallest absolute Gasteiger partial charge is 0.251 e. The van der Waals surface area contributed by atoms with Crippen molar-refractivity contribution in [3.8, 4) is 0 Å². The number of nitrogens with zero attached hydrogens (tertiary/aromatic N) is 1. The third-order valence-corrected chi connectivity index (χ3v) is 2.89. The molecule has 4 N–H and O–H groups in total. The number of anilines is 1. The maximum atomic E-state index is 11.8. The van der Waals surface area contributed by atoms with Crippen LogP contribution in [0.5, 0.6) is 0 Å². The van der Waals surface area contributed by atoms with Gasteiger partial charge in [0.1, 0.15) is 5.82 Å². The van der Waals surface area contributed by atoms with E-state index in [1.54, 1.807) is 18.3 Å². The molecule has 1 atom stereocenters. The van der Waals surface area contributed by atoms with Crippen LogP contribution >= 0.6 is 0 Å². The summed E-state index contributed by atoms with van der Waals surface area (Å²) in [5.74, 6) is 6.62. The third-order valence-electron chi connectivity index (χ3n) is 2.89. The van der Waals surface area contributed by atoms with Crippen molar-refractivity contribution in [1.82, 2.24) is 10.3 Å². The third kappa shape index (κ3) is 4.03. The van der Waals surface area contributed by atoms with E-state index in [0.717, 1.165) is 0 Å². The molecule has 1 unspecified atom stereocenters. The van der Waals surface area contributed by atoms with Gasteiger partial charge in [0, 0.05) is 18.3 Å². The predicted molar refractivity (Wildman–Crippen MR) is 68.4 cm³/mol. The maximum Gasteiger partial charge on any atom is 0.251 e. The molecule has 1 amide bonds. The number of hydrogen-bond donors (Lipinski definition) is 3. The molecule has 0 aliphatic carbocycles. The van der Waals surface area contributed by atoms with Crippen LogP contribution in [-0.2, 0) is 0 Å². The second-order valence-corrected chi connectivity index (χ2v) is 4.51. The minimum atomic E-state index is -0.101. The Labute approximate surface area is 102 Å². The van der Waals surface area contributed by atoms with Gasteiger partial charge in [-0.2, -0.15) is 0 Å². The summed E-state index contributed by atoms with van der Waals surface area (Å²) in [6.45, 7) is 7.06. The van der Waals surface area contributed by atoms with Gasteiger partial charge in [-0.1, -0.05) is 20.8 Å². The predicted octanol–water partition coefficient (Wildman–Crippen LogP) is 1.39. The summed E-state index contributed by atoms with van der Waals surface area (Å²) in [4.78, 5) is 15.8. The van der Waals surface area contributed by atoms with E-state index in [0.29, 0.717) is 29.8 Å². The molecule has 17 heavy (non-hydrogen) atoms. The van der Waals surface area contributed by atoms with Crippen molar-refractivity contribution in [1.29, 1.82) is 0 Å². The van der Waals surface area contributed by atoms with Crippen molar-refractivity contribution >= 4 is 11.7 Å². The van der Waals surface area contributed by atoms with Crippen molar-refractivity contribution in [2.45, 2.75) is 20.8 Å². The normalized spacial score (nSPS) is 12.3. The maximum absolute atomic E-state index is 11.8. The Balaban J connectivity index is 2.57. The number of carbonyl (C=O) groups excluding carboxylic acids is 1. The lowest BCUT2D eigenvalue weighted by atomic mass is 9.98. The largest absolute Gasteiger partial charge is 0.352 e. The first-order chi connectivity index (χ1) is 8.04.